The van der Waals surface area contributed by atoms with Crippen LogP contribution in [0.1, 0.15) is 96.0 Å². The van der Waals surface area contributed by atoms with Gasteiger partial charge in [-0.05, 0) is 98.2 Å². The quantitative estimate of drug-likeness (QED) is 0.486. The molecule has 0 N–H and O–H groups in total. The molecule has 3 rings (SSSR count). The van der Waals surface area contributed by atoms with Crippen LogP contribution in [0.2, 0.25) is 0 Å². The zero-order chi connectivity index (χ0) is 25.2. The molecule has 1 saturated heterocycles. The summed E-state index contributed by atoms with van der Waals surface area (Å²) in [6.07, 6.45) is 3.64. The fourth-order valence-electron chi connectivity index (χ4n) is 4.75. The number of halogens is 1. The monoisotopic (exact) mass is 476 g/mol. The van der Waals surface area contributed by atoms with Gasteiger partial charge in [-0.2, -0.15) is 0 Å². The van der Waals surface area contributed by atoms with Crippen molar-refractivity contribution >= 4 is 11.9 Å². The van der Waals surface area contributed by atoms with Gasteiger partial charge in [0.15, 0.2) is 0 Å². The highest BCUT2D eigenvalue weighted by Gasteiger charge is 2.33. The van der Waals surface area contributed by atoms with Crippen LogP contribution >= 0.6 is 0 Å². The lowest BCUT2D eigenvalue weighted by Gasteiger charge is -2.36. The van der Waals surface area contributed by atoms with Crippen molar-refractivity contribution in [2.75, 3.05) is 19.6 Å². The van der Waals surface area contributed by atoms with Crippen molar-refractivity contribution in [3.8, 4) is 5.75 Å². The molecular formula is C27H41FN2O4. The van der Waals surface area contributed by atoms with Gasteiger partial charge in [-0.15, -0.1) is 0 Å². The Labute approximate surface area is 203 Å². The second kappa shape index (κ2) is 10.6. The van der Waals surface area contributed by atoms with E-state index in [0.29, 0.717) is 18.8 Å². The average molecular weight is 477 g/mol. The van der Waals surface area contributed by atoms with Gasteiger partial charge >= 0.3 is 5.97 Å². The number of carbonyl (C=O) groups is 2. The van der Waals surface area contributed by atoms with Crippen LogP contribution in [0.15, 0.2) is 12.1 Å². The van der Waals surface area contributed by atoms with Crippen molar-refractivity contribution < 1.29 is 23.5 Å². The molecule has 1 aromatic rings. The van der Waals surface area contributed by atoms with E-state index in [1.807, 2.05) is 32.6 Å². The summed E-state index contributed by atoms with van der Waals surface area (Å²) in [5.74, 6) is -0.362. The number of hydrogen-bond donors (Lipinski definition) is 0. The molecule has 2 aliphatic rings. The molecule has 1 amide bonds. The van der Waals surface area contributed by atoms with Crippen molar-refractivity contribution in [3.05, 3.63) is 29.1 Å². The van der Waals surface area contributed by atoms with Gasteiger partial charge in [-0.1, -0.05) is 0 Å². The minimum absolute atomic E-state index is 0.0393. The number of likely N-dealkylation sites (tertiary alicyclic amines) is 1. The lowest BCUT2D eigenvalue weighted by atomic mass is 10.0. The number of esters is 1. The number of benzene rings is 1. The normalized spacial score (nSPS) is 19.4. The number of hydrogen-bond acceptors (Lipinski definition) is 5. The molecule has 1 aliphatic carbocycles. The Balaban J connectivity index is 1.71. The summed E-state index contributed by atoms with van der Waals surface area (Å²) in [4.78, 5) is 29.5. The zero-order valence-corrected chi connectivity index (χ0v) is 21.8. The molecule has 1 saturated carbocycles. The Bertz CT molecular complexity index is 881. The van der Waals surface area contributed by atoms with Gasteiger partial charge in [0.1, 0.15) is 23.3 Å². The van der Waals surface area contributed by atoms with Gasteiger partial charge in [0.05, 0.1) is 12.1 Å². The summed E-state index contributed by atoms with van der Waals surface area (Å²) in [5, 5.41) is 0. The van der Waals surface area contributed by atoms with E-state index in [9.17, 15) is 14.0 Å². The number of rotatable bonds is 8. The van der Waals surface area contributed by atoms with E-state index in [1.165, 1.54) is 6.07 Å². The number of ether oxygens (including phenoxy) is 2. The van der Waals surface area contributed by atoms with Crippen LogP contribution in [0.4, 0.5) is 4.39 Å². The Morgan fingerprint density at radius 3 is 2.32 bits per heavy atom. The molecule has 1 aromatic carbocycles. The minimum Gasteiger partial charge on any atom is -0.489 e. The van der Waals surface area contributed by atoms with Gasteiger partial charge in [0.2, 0.25) is 5.91 Å². The van der Waals surface area contributed by atoms with E-state index >= 15 is 0 Å². The van der Waals surface area contributed by atoms with Gasteiger partial charge in [0, 0.05) is 24.7 Å². The maximum atomic E-state index is 14.9. The second-order valence-corrected chi connectivity index (χ2v) is 11.3. The first-order chi connectivity index (χ1) is 15.9. The molecule has 0 unspecified atom stereocenters. The van der Waals surface area contributed by atoms with Gasteiger partial charge in [-0.25, -0.2) is 9.18 Å². The molecule has 0 bridgehead atoms. The SMILES string of the molecule is CC(C)N(C(=O)CN1CCC[C@@H](Oc2cc(F)c(C(=O)OC(C)(C)C)cc2C2CC2)C1)C(C)C. The topological polar surface area (TPSA) is 59.1 Å². The van der Waals surface area contributed by atoms with Crippen LogP contribution in [0, 0.1) is 5.82 Å². The number of nitrogens with zero attached hydrogens (tertiary/aromatic N) is 2. The third-order valence-electron chi connectivity index (χ3n) is 6.25. The third-order valence-corrected chi connectivity index (χ3v) is 6.25. The van der Waals surface area contributed by atoms with Crippen LogP contribution < -0.4 is 4.74 Å². The summed E-state index contributed by atoms with van der Waals surface area (Å²) in [5.41, 5.74) is 0.144. The van der Waals surface area contributed by atoms with Crippen LogP contribution in [0.5, 0.6) is 5.75 Å². The predicted molar refractivity (Wildman–Crippen MR) is 131 cm³/mol. The smallest absolute Gasteiger partial charge is 0.341 e. The number of carbonyl (C=O) groups excluding carboxylic acids is 2. The lowest BCUT2D eigenvalue weighted by molar-refractivity contribution is -0.136. The largest absolute Gasteiger partial charge is 0.489 e. The van der Waals surface area contributed by atoms with Crippen LogP contribution in [0.25, 0.3) is 0 Å². The van der Waals surface area contributed by atoms with Gasteiger partial charge < -0.3 is 14.4 Å². The van der Waals surface area contributed by atoms with Gasteiger partial charge in [-0.3, -0.25) is 9.69 Å². The van der Waals surface area contributed by atoms with E-state index in [0.717, 1.165) is 37.8 Å². The van der Waals surface area contributed by atoms with Crippen LogP contribution in [-0.2, 0) is 9.53 Å². The minimum atomic E-state index is -0.692. The van der Waals surface area contributed by atoms with Gasteiger partial charge in [0.25, 0.3) is 0 Å². The second-order valence-electron chi connectivity index (χ2n) is 11.3. The number of amides is 1. The molecule has 34 heavy (non-hydrogen) atoms. The van der Waals surface area contributed by atoms with E-state index in [-0.39, 0.29) is 35.6 Å². The first kappa shape index (κ1) is 26.5. The van der Waals surface area contributed by atoms with E-state index in [2.05, 4.69) is 4.90 Å². The molecule has 0 spiro atoms. The van der Waals surface area contributed by atoms with E-state index < -0.39 is 17.4 Å². The standard InChI is InChI=1S/C27H41FN2O4/c1-17(2)30(18(3)4)25(31)16-29-12-8-9-20(15-29)33-24-14-23(28)22(13-21(24)19-10-11-19)26(32)34-27(5,6)7/h13-14,17-20H,8-12,15-16H2,1-7H3/t20-/m1/s1. The Kier molecular flexibility index (Phi) is 8.27. The summed E-state index contributed by atoms with van der Waals surface area (Å²) in [6.45, 7) is 15.3. The highest BCUT2D eigenvalue weighted by Crippen LogP contribution is 2.45. The predicted octanol–water partition coefficient (Wildman–Crippen LogP) is 5.15. The highest BCUT2D eigenvalue weighted by molar-refractivity contribution is 5.90. The first-order valence-electron chi connectivity index (χ1n) is 12.6. The fraction of sp³-hybridized carbons (Fsp3) is 0.704. The maximum Gasteiger partial charge on any atom is 0.341 e. The molecule has 6 nitrogen and oxygen atoms in total. The van der Waals surface area contributed by atoms with Crippen LogP contribution in [-0.4, -0.2) is 65.1 Å². The van der Waals surface area contributed by atoms with E-state index in [4.69, 9.17) is 9.47 Å². The summed E-state index contributed by atoms with van der Waals surface area (Å²) < 4.78 is 26.6. The summed E-state index contributed by atoms with van der Waals surface area (Å²) in [7, 11) is 0. The molecule has 1 heterocycles. The highest BCUT2D eigenvalue weighted by atomic mass is 19.1. The van der Waals surface area contributed by atoms with Crippen molar-refractivity contribution in [3.63, 3.8) is 0 Å². The van der Waals surface area contributed by atoms with E-state index in [1.54, 1.807) is 26.8 Å². The Morgan fingerprint density at radius 1 is 1.12 bits per heavy atom. The Hall–Kier alpha value is -2.15. The molecule has 7 heteroatoms. The first-order valence-corrected chi connectivity index (χ1v) is 12.6. The molecule has 2 fully saturated rings. The average Bonchev–Trinajstić information content (AvgIpc) is 3.51. The summed E-state index contributed by atoms with van der Waals surface area (Å²) >= 11 is 0. The molecule has 1 aliphatic heterocycles. The fourth-order valence-corrected chi connectivity index (χ4v) is 4.75. The lowest BCUT2D eigenvalue weighted by Crippen LogP contribution is -2.50. The Morgan fingerprint density at radius 2 is 1.76 bits per heavy atom. The van der Waals surface area contributed by atoms with Crippen molar-refractivity contribution in [1.29, 1.82) is 0 Å². The number of piperidine rings is 1. The molecule has 0 aromatic heterocycles. The summed E-state index contributed by atoms with van der Waals surface area (Å²) in [6, 6.07) is 3.26. The van der Waals surface area contributed by atoms with Crippen LogP contribution in [0.3, 0.4) is 0 Å². The van der Waals surface area contributed by atoms with Crippen molar-refractivity contribution in [2.45, 2.75) is 104 Å². The third kappa shape index (κ3) is 6.94. The molecule has 0 radical (unpaired) electrons. The molecular weight excluding hydrogens is 435 g/mol. The zero-order valence-electron chi connectivity index (χ0n) is 21.8. The molecule has 1 atom stereocenters. The van der Waals surface area contributed by atoms with Crippen molar-refractivity contribution in [1.82, 2.24) is 9.80 Å². The molecule has 190 valence electrons. The maximum absolute atomic E-state index is 14.9. The van der Waals surface area contributed by atoms with Crippen molar-refractivity contribution in [2.24, 2.45) is 0 Å².